The van der Waals surface area contributed by atoms with E-state index in [1.807, 2.05) is 0 Å². The Morgan fingerprint density at radius 3 is 2.46 bits per heavy atom. The van der Waals surface area contributed by atoms with Gasteiger partial charge in [0.1, 0.15) is 0 Å². The van der Waals surface area contributed by atoms with E-state index in [1.165, 1.54) is 32.4 Å². The lowest BCUT2D eigenvalue weighted by Crippen LogP contribution is -2.54. The van der Waals surface area contributed by atoms with Gasteiger partial charge in [0.25, 0.3) is 0 Å². The van der Waals surface area contributed by atoms with Crippen LogP contribution in [-0.2, 0) is 4.74 Å². The van der Waals surface area contributed by atoms with E-state index in [4.69, 9.17) is 4.74 Å². The van der Waals surface area contributed by atoms with Crippen LogP contribution in [-0.4, -0.2) is 49.3 Å². The average molecular weight is 182 g/mol. The molecule has 0 aliphatic carbocycles. The van der Waals surface area contributed by atoms with Gasteiger partial charge in [-0.15, -0.1) is 0 Å². The maximum atomic E-state index is 5.44. The first kappa shape index (κ1) is 8.21. The van der Waals surface area contributed by atoms with Gasteiger partial charge in [-0.2, -0.15) is 0 Å². The van der Waals surface area contributed by atoms with Crippen molar-refractivity contribution in [3.63, 3.8) is 0 Å². The number of nitrogens with one attached hydrogen (secondary N) is 1. The van der Waals surface area contributed by atoms with Crippen molar-refractivity contribution in [2.45, 2.75) is 37.4 Å². The quantitative estimate of drug-likeness (QED) is 0.627. The molecular formula is C10H18N2O. The maximum Gasteiger partial charge on any atom is 0.0622 e. The summed E-state index contributed by atoms with van der Waals surface area (Å²) in [7, 11) is 0. The molecule has 3 aliphatic heterocycles. The zero-order valence-electron chi connectivity index (χ0n) is 8.04. The van der Waals surface area contributed by atoms with Crippen molar-refractivity contribution in [3.8, 4) is 0 Å². The van der Waals surface area contributed by atoms with Gasteiger partial charge in [-0.1, -0.05) is 0 Å². The van der Waals surface area contributed by atoms with Gasteiger partial charge in [0.15, 0.2) is 0 Å². The summed E-state index contributed by atoms with van der Waals surface area (Å²) in [5.74, 6) is 0. The summed E-state index contributed by atoms with van der Waals surface area (Å²) in [6.45, 7) is 4.46. The Bertz CT molecular complexity index is 179. The third kappa shape index (κ3) is 1.49. The molecule has 0 aromatic rings. The second-order valence-corrected chi connectivity index (χ2v) is 4.61. The first-order valence-corrected chi connectivity index (χ1v) is 5.49. The van der Waals surface area contributed by atoms with Crippen LogP contribution < -0.4 is 5.32 Å². The number of hydrogen-bond acceptors (Lipinski definition) is 3. The predicted octanol–water partition coefficient (Wildman–Crippen LogP) is 0.211. The van der Waals surface area contributed by atoms with E-state index in [2.05, 4.69) is 10.2 Å². The highest BCUT2D eigenvalue weighted by Crippen LogP contribution is 2.24. The van der Waals surface area contributed by atoms with Gasteiger partial charge in [-0.3, -0.25) is 4.90 Å². The van der Waals surface area contributed by atoms with Crippen LogP contribution in [0.15, 0.2) is 0 Å². The Balaban J connectivity index is 1.65. The number of ether oxygens (including phenoxy) is 1. The molecule has 3 nitrogen and oxygen atoms in total. The number of hydrogen-bond donors (Lipinski definition) is 1. The van der Waals surface area contributed by atoms with E-state index in [0.717, 1.165) is 31.3 Å². The SMILES string of the molecule is C1CC(N2CC3CCC(C2)N3)CO1. The molecule has 3 aliphatic rings. The van der Waals surface area contributed by atoms with Crippen LogP contribution >= 0.6 is 0 Å². The predicted molar refractivity (Wildman–Crippen MR) is 50.7 cm³/mol. The van der Waals surface area contributed by atoms with Crippen LogP contribution in [0.1, 0.15) is 19.3 Å². The number of rotatable bonds is 1. The molecule has 3 unspecified atom stereocenters. The largest absolute Gasteiger partial charge is 0.380 e. The van der Waals surface area contributed by atoms with Gasteiger partial charge in [0.05, 0.1) is 6.61 Å². The fourth-order valence-corrected chi connectivity index (χ4v) is 2.94. The van der Waals surface area contributed by atoms with Crippen LogP contribution in [0.4, 0.5) is 0 Å². The molecule has 0 aromatic heterocycles. The summed E-state index contributed by atoms with van der Waals surface area (Å²) in [5.41, 5.74) is 0. The molecule has 74 valence electrons. The third-order valence-electron chi connectivity index (χ3n) is 3.67. The van der Waals surface area contributed by atoms with Crippen LogP contribution in [0.2, 0.25) is 0 Å². The van der Waals surface area contributed by atoms with Crippen molar-refractivity contribution in [2.75, 3.05) is 26.3 Å². The van der Waals surface area contributed by atoms with Crippen LogP contribution in [0, 0.1) is 0 Å². The fourth-order valence-electron chi connectivity index (χ4n) is 2.94. The van der Waals surface area contributed by atoms with Crippen molar-refractivity contribution < 1.29 is 4.74 Å². The van der Waals surface area contributed by atoms with E-state index in [-0.39, 0.29) is 0 Å². The van der Waals surface area contributed by atoms with Gasteiger partial charge in [0, 0.05) is 37.8 Å². The second kappa shape index (κ2) is 3.23. The smallest absolute Gasteiger partial charge is 0.0622 e. The minimum absolute atomic E-state index is 0.727. The molecule has 3 fully saturated rings. The normalized spacial score (nSPS) is 45.7. The first-order valence-electron chi connectivity index (χ1n) is 5.49. The molecular weight excluding hydrogens is 164 g/mol. The molecule has 1 N–H and O–H groups in total. The fraction of sp³-hybridized carbons (Fsp3) is 1.00. The number of nitrogens with zero attached hydrogens (tertiary/aromatic N) is 1. The first-order chi connectivity index (χ1) is 6.42. The highest BCUT2D eigenvalue weighted by atomic mass is 16.5. The summed E-state index contributed by atoms with van der Waals surface area (Å²) in [6, 6.07) is 2.28. The standard InChI is InChI=1S/C10H18N2O/c1-2-9-6-12(5-8(1)11-9)10-3-4-13-7-10/h8-11H,1-7H2. The zero-order chi connectivity index (χ0) is 8.67. The number of fused-ring (bicyclic) bond motifs is 2. The van der Waals surface area contributed by atoms with Crippen molar-refractivity contribution in [1.29, 1.82) is 0 Å². The molecule has 3 heteroatoms. The van der Waals surface area contributed by atoms with Crippen LogP contribution in [0.3, 0.4) is 0 Å². The lowest BCUT2D eigenvalue weighted by Gasteiger charge is -2.36. The van der Waals surface area contributed by atoms with Crippen molar-refractivity contribution >= 4 is 0 Å². The Labute approximate surface area is 79.4 Å². The molecule has 0 spiro atoms. The highest BCUT2D eigenvalue weighted by molar-refractivity contribution is 4.95. The maximum absolute atomic E-state index is 5.44. The van der Waals surface area contributed by atoms with Crippen molar-refractivity contribution in [3.05, 3.63) is 0 Å². The summed E-state index contributed by atoms with van der Waals surface area (Å²) >= 11 is 0. The molecule has 13 heavy (non-hydrogen) atoms. The molecule has 0 radical (unpaired) electrons. The van der Waals surface area contributed by atoms with Gasteiger partial charge < -0.3 is 10.1 Å². The lowest BCUT2D eigenvalue weighted by molar-refractivity contribution is 0.115. The van der Waals surface area contributed by atoms with Crippen molar-refractivity contribution in [1.82, 2.24) is 10.2 Å². The Hall–Kier alpha value is -0.120. The van der Waals surface area contributed by atoms with Gasteiger partial charge in [-0.25, -0.2) is 0 Å². The minimum atomic E-state index is 0.727. The Morgan fingerprint density at radius 1 is 1.08 bits per heavy atom. The second-order valence-electron chi connectivity index (χ2n) is 4.61. The third-order valence-corrected chi connectivity index (χ3v) is 3.67. The van der Waals surface area contributed by atoms with E-state index in [1.54, 1.807) is 0 Å². The van der Waals surface area contributed by atoms with E-state index in [9.17, 15) is 0 Å². The molecule has 0 saturated carbocycles. The van der Waals surface area contributed by atoms with E-state index >= 15 is 0 Å². The topological polar surface area (TPSA) is 24.5 Å². The molecule has 3 heterocycles. The lowest BCUT2D eigenvalue weighted by atomic mass is 10.1. The Kier molecular flexibility index (Phi) is 2.04. The molecule has 0 aromatic carbocycles. The van der Waals surface area contributed by atoms with E-state index in [0.29, 0.717) is 0 Å². The summed E-state index contributed by atoms with van der Waals surface area (Å²) in [4.78, 5) is 2.64. The minimum Gasteiger partial charge on any atom is -0.380 e. The Morgan fingerprint density at radius 2 is 1.85 bits per heavy atom. The number of piperazine rings is 1. The summed E-state index contributed by atoms with van der Waals surface area (Å²) in [5, 5.41) is 3.66. The summed E-state index contributed by atoms with van der Waals surface area (Å²) < 4.78 is 5.44. The van der Waals surface area contributed by atoms with Crippen molar-refractivity contribution in [2.24, 2.45) is 0 Å². The highest BCUT2D eigenvalue weighted by Gasteiger charge is 2.35. The van der Waals surface area contributed by atoms with E-state index < -0.39 is 0 Å². The van der Waals surface area contributed by atoms with Crippen LogP contribution in [0.5, 0.6) is 0 Å². The van der Waals surface area contributed by atoms with Crippen LogP contribution in [0.25, 0.3) is 0 Å². The monoisotopic (exact) mass is 182 g/mol. The summed E-state index contributed by atoms with van der Waals surface area (Å²) in [6.07, 6.45) is 4.02. The van der Waals surface area contributed by atoms with Gasteiger partial charge >= 0.3 is 0 Å². The molecule has 3 atom stereocenters. The average Bonchev–Trinajstić information content (AvgIpc) is 2.75. The molecule has 0 amide bonds. The molecule has 3 rings (SSSR count). The molecule has 2 bridgehead atoms. The molecule has 3 saturated heterocycles. The zero-order valence-corrected chi connectivity index (χ0v) is 8.04. The number of likely N-dealkylation sites (tertiary alicyclic amines) is 1. The van der Waals surface area contributed by atoms with Gasteiger partial charge in [-0.05, 0) is 19.3 Å². The van der Waals surface area contributed by atoms with Gasteiger partial charge in [0.2, 0.25) is 0 Å².